The second-order valence-electron chi connectivity index (χ2n) is 18.9. The first-order valence-corrected chi connectivity index (χ1v) is 28.6. The Morgan fingerprint density at radius 3 is 1.28 bits per heavy atom. The van der Waals surface area contributed by atoms with Crippen LogP contribution in [-0.2, 0) is 18.4 Å². The minimum absolute atomic E-state index is 0.0487. The summed E-state index contributed by atoms with van der Waals surface area (Å²) in [6, 6.07) is -0.869. The van der Waals surface area contributed by atoms with E-state index in [0.29, 0.717) is 17.4 Å². The molecule has 0 heterocycles. The summed E-state index contributed by atoms with van der Waals surface area (Å²) < 4.78 is 23.6. The molecule has 3 atom stereocenters. The average Bonchev–Trinajstić information content (AvgIpc) is 3.31. The predicted molar refractivity (Wildman–Crippen MR) is 299 cm³/mol. The molecular weight excluding hydrogens is 876 g/mol. The number of nitrogens with one attached hydrogen (secondary N) is 1. The topological polar surface area (TPSA) is 105 Å². The Bertz CT molecular complexity index is 1580. The third-order valence-corrected chi connectivity index (χ3v) is 12.1. The molecular formula is C60H102N2O6P+. The third kappa shape index (κ3) is 52.3. The van der Waals surface area contributed by atoms with Gasteiger partial charge < -0.3 is 19.8 Å². The van der Waals surface area contributed by atoms with E-state index in [2.05, 4.69) is 141 Å². The van der Waals surface area contributed by atoms with Gasteiger partial charge in [-0.05, 0) is 96.3 Å². The van der Waals surface area contributed by atoms with Crippen LogP contribution >= 0.6 is 7.82 Å². The van der Waals surface area contributed by atoms with Crippen LogP contribution in [0.2, 0.25) is 0 Å². The Balaban J connectivity index is 4.26. The van der Waals surface area contributed by atoms with Crippen LogP contribution in [0.25, 0.3) is 0 Å². The first-order valence-electron chi connectivity index (χ1n) is 27.1. The lowest BCUT2D eigenvalue weighted by Crippen LogP contribution is -2.45. The van der Waals surface area contributed by atoms with Gasteiger partial charge in [-0.1, -0.05) is 218 Å². The number of hydrogen-bond donors (Lipinski definition) is 3. The van der Waals surface area contributed by atoms with Crippen molar-refractivity contribution in [2.75, 3.05) is 40.9 Å². The Kier molecular flexibility index (Phi) is 47.2. The number of phosphoric ester groups is 1. The van der Waals surface area contributed by atoms with Gasteiger partial charge in [-0.2, -0.15) is 0 Å². The predicted octanol–water partition coefficient (Wildman–Crippen LogP) is 16.4. The number of allylic oxidation sites excluding steroid dienone is 21. The average molecular weight is 978 g/mol. The maximum absolute atomic E-state index is 12.9. The summed E-state index contributed by atoms with van der Waals surface area (Å²) in [5.74, 6) is -0.209. The molecule has 0 radical (unpaired) electrons. The van der Waals surface area contributed by atoms with Gasteiger partial charge in [0, 0.05) is 6.42 Å². The molecule has 0 aliphatic carbocycles. The van der Waals surface area contributed by atoms with Gasteiger partial charge >= 0.3 is 7.82 Å². The van der Waals surface area contributed by atoms with Crippen molar-refractivity contribution < 1.29 is 32.9 Å². The smallest absolute Gasteiger partial charge is 0.387 e. The second-order valence-corrected chi connectivity index (χ2v) is 20.3. The molecule has 69 heavy (non-hydrogen) atoms. The molecule has 0 aliphatic rings. The van der Waals surface area contributed by atoms with E-state index in [1.165, 1.54) is 51.4 Å². The van der Waals surface area contributed by atoms with Crippen molar-refractivity contribution in [3.05, 3.63) is 134 Å². The standard InChI is InChI=1S/C60H101N2O6P/c1-6-8-10-12-14-16-18-20-21-22-23-24-25-26-27-28-29-30-31-32-33-34-35-36-37-38-39-40-41-42-44-46-48-50-52-54-60(64)61-58(57-68-69(65,66)67-56-55-62(3,4)5)59(63)53-51-49-47-45-43-19-17-15-13-11-9-7-2/h8,10,14,16,20-21,23-24,26-27,29-30,32-33,35-36,38-39,41-42,51,53,58-59,63H,6-7,9,11-13,15,17-19,22,25,28,31,34,37,40,43-50,52,54-57H2,1-5H3,(H-,61,64,65,66)/p+1/b10-8-,16-14-,21-20-,24-23-,27-26-,30-29-,33-32-,36-35-,39-38-,42-41-,53-51+. The molecule has 8 nitrogen and oxygen atoms in total. The van der Waals surface area contributed by atoms with Gasteiger partial charge in [0.05, 0.1) is 39.9 Å². The number of rotatable bonds is 47. The van der Waals surface area contributed by atoms with Gasteiger partial charge in [0.15, 0.2) is 0 Å². The zero-order valence-corrected chi connectivity index (χ0v) is 45.4. The number of aliphatic hydroxyl groups excluding tert-OH is 1. The van der Waals surface area contributed by atoms with E-state index >= 15 is 0 Å². The fourth-order valence-corrected chi connectivity index (χ4v) is 7.63. The summed E-state index contributed by atoms with van der Waals surface area (Å²) in [6.45, 7) is 4.64. The highest BCUT2D eigenvalue weighted by Gasteiger charge is 2.27. The Morgan fingerprint density at radius 2 is 0.870 bits per heavy atom. The lowest BCUT2D eigenvalue weighted by Gasteiger charge is -2.25. The van der Waals surface area contributed by atoms with Gasteiger partial charge in [-0.3, -0.25) is 13.8 Å². The fraction of sp³-hybridized carbons (Fsp3) is 0.617. The van der Waals surface area contributed by atoms with Crippen LogP contribution in [0, 0.1) is 0 Å². The minimum Gasteiger partial charge on any atom is -0.387 e. The molecule has 0 spiro atoms. The van der Waals surface area contributed by atoms with E-state index in [9.17, 15) is 19.4 Å². The molecule has 0 aromatic rings. The molecule has 1 amide bonds. The number of carbonyl (C=O) groups excluding carboxylic acids is 1. The number of unbranched alkanes of at least 4 members (excludes halogenated alkanes) is 14. The van der Waals surface area contributed by atoms with Gasteiger partial charge in [0.1, 0.15) is 13.2 Å². The van der Waals surface area contributed by atoms with Crippen LogP contribution in [-0.4, -0.2) is 73.4 Å². The number of aliphatic hydroxyl groups is 1. The Hall–Kier alpha value is -3.36. The molecule has 392 valence electrons. The van der Waals surface area contributed by atoms with E-state index in [1.54, 1.807) is 6.08 Å². The van der Waals surface area contributed by atoms with Crippen molar-refractivity contribution in [2.24, 2.45) is 0 Å². The molecule has 3 unspecified atom stereocenters. The molecule has 0 saturated heterocycles. The molecule has 0 saturated carbocycles. The van der Waals surface area contributed by atoms with Crippen molar-refractivity contribution in [2.45, 2.75) is 199 Å². The lowest BCUT2D eigenvalue weighted by molar-refractivity contribution is -0.870. The largest absolute Gasteiger partial charge is 0.472 e. The van der Waals surface area contributed by atoms with Gasteiger partial charge in [-0.25, -0.2) is 4.57 Å². The number of nitrogens with zero attached hydrogens (tertiary/aromatic N) is 1. The van der Waals surface area contributed by atoms with Crippen molar-refractivity contribution in [1.82, 2.24) is 5.32 Å². The van der Waals surface area contributed by atoms with E-state index in [4.69, 9.17) is 9.05 Å². The molecule has 3 N–H and O–H groups in total. The highest BCUT2D eigenvalue weighted by molar-refractivity contribution is 7.47. The molecule has 0 aromatic carbocycles. The van der Waals surface area contributed by atoms with Crippen molar-refractivity contribution in [3.8, 4) is 0 Å². The molecule has 0 fully saturated rings. The zero-order valence-electron chi connectivity index (χ0n) is 44.5. The van der Waals surface area contributed by atoms with Crippen molar-refractivity contribution in [1.29, 1.82) is 0 Å². The molecule has 0 rings (SSSR count). The number of likely N-dealkylation sites (N-methyl/N-ethyl adjacent to an activating group) is 1. The van der Waals surface area contributed by atoms with Gasteiger partial charge in [0.25, 0.3) is 0 Å². The molecule has 9 heteroatoms. The van der Waals surface area contributed by atoms with Crippen LogP contribution in [0.5, 0.6) is 0 Å². The van der Waals surface area contributed by atoms with E-state index in [-0.39, 0.29) is 19.1 Å². The van der Waals surface area contributed by atoms with Crippen LogP contribution in [0.15, 0.2) is 134 Å². The first kappa shape index (κ1) is 65.6. The van der Waals surface area contributed by atoms with Crippen LogP contribution in [0.1, 0.15) is 187 Å². The molecule has 0 bridgehead atoms. The molecule has 0 aliphatic heterocycles. The van der Waals surface area contributed by atoms with Gasteiger partial charge in [-0.15, -0.1) is 0 Å². The van der Waals surface area contributed by atoms with E-state index in [1.807, 2.05) is 27.2 Å². The van der Waals surface area contributed by atoms with Crippen LogP contribution in [0.4, 0.5) is 0 Å². The van der Waals surface area contributed by atoms with Crippen molar-refractivity contribution >= 4 is 13.7 Å². The number of hydrogen-bond acceptors (Lipinski definition) is 5. The summed E-state index contributed by atoms with van der Waals surface area (Å²) in [7, 11) is 1.53. The first-order chi connectivity index (χ1) is 33.5. The minimum atomic E-state index is -4.36. The van der Waals surface area contributed by atoms with E-state index in [0.717, 1.165) is 116 Å². The molecule has 0 aromatic heterocycles. The monoisotopic (exact) mass is 978 g/mol. The maximum atomic E-state index is 12.9. The SMILES string of the molecule is CC/C=C\C/C=C\C/C=C\C/C=C\C/C=C\C/C=C\C/C=C\C/C=C\C/C=C\C/C=C\CCCCCCC(=O)NC(COP(=O)(O)OCC[N+](C)(C)C)C(O)/C=C/CCCCCCCCCCCC. The Labute approximate surface area is 424 Å². The third-order valence-electron chi connectivity index (χ3n) is 11.1. The summed E-state index contributed by atoms with van der Waals surface area (Å²) in [5.41, 5.74) is 0. The number of carbonyl (C=O) groups is 1. The Morgan fingerprint density at radius 1 is 0.507 bits per heavy atom. The van der Waals surface area contributed by atoms with Crippen LogP contribution in [0.3, 0.4) is 0 Å². The fourth-order valence-electron chi connectivity index (χ4n) is 6.89. The summed E-state index contributed by atoms with van der Waals surface area (Å²) in [6.07, 6.45) is 75.4. The van der Waals surface area contributed by atoms with E-state index < -0.39 is 20.0 Å². The quantitative estimate of drug-likeness (QED) is 0.0243. The number of quaternary nitrogens is 1. The van der Waals surface area contributed by atoms with Crippen LogP contribution < -0.4 is 5.32 Å². The number of phosphoric acid groups is 1. The highest BCUT2D eigenvalue weighted by atomic mass is 31.2. The normalized spacial score (nSPS) is 15.1. The summed E-state index contributed by atoms with van der Waals surface area (Å²) in [4.78, 5) is 23.2. The zero-order chi connectivity index (χ0) is 50.6. The van der Waals surface area contributed by atoms with Crippen molar-refractivity contribution in [3.63, 3.8) is 0 Å². The summed E-state index contributed by atoms with van der Waals surface area (Å²) >= 11 is 0. The summed E-state index contributed by atoms with van der Waals surface area (Å²) in [5, 5.41) is 13.8. The number of amides is 1. The lowest BCUT2D eigenvalue weighted by atomic mass is 10.1. The maximum Gasteiger partial charge on any atom is 0.472 e. The van der Waals surface area contributed by atoms with Gasteiger partial charge in [0.2, 0.25) is 5.91 Å². The highest BCUT2D eigenvalue weighted by Crippen LogP contribution is 2.43. The second kappa shape index (κ2) is 49.6.